The second-order valence-corrected chi connectivity index (χ2v) is 7.23. The molecule has 1 unspecified atom stereocenters. The van der Waals surface area contributed by atoms with Crippen LogP contribution in [-0.4, -0.2) is 25.5 Å². The highest BCUT2D eigenvalue weighted by molar-refractivity contribution is 5.96. The van der Waals surface area contributed by atoms with Crippen LogP contribution in [0.3, 0.4) is 0 Å². The van der Waals surface area contributed by atoms with Crippen LogP contribution < -0.4 is 10.2 Å². The van der Waals surface area contributed by atoms with Gasteiger partial charge in [-0.25, -0.2) is 4.39 Å². The number of nitrogens with zero attached hydrogens (tertiary/aromatic N) is 1. The lowest BCUT2D eigenvalue weighted by Gasteiger charge is -2.18. The van der Waals surface area contributed by atoms with Gasteiger partial charge in [0.05, 0.1) is 5.56 Å². The monoisotopic (exact) mass is 378 g/mol. The summed E-state index contributed by atoms with van der Waals surface area (Å²) in [4.78, 5) is 14.9. The van der Waals surface area contributed by atoms with E-state index >= 15 is 0 Å². The summed E-state index contributed by atoms with van der Waals surface area (Å²) < 4.78 is 18.9. The summed E-state index contributed by atoms with van der Waals surface area (Å²) in [5.41, 5.74) is 2.55. The number of anilines is 1. The Morgan fingerprint density at radius 2 is 1.93 bits per heavy atom. The van der Waals surface area contributed by atoms with Gasteiger partial charge in [0.2, 0.25) is 0 Å². The zero-order valence-corrected chi connectivity index (χ0v) is 15.8. The van der Waals surface area contributed by atoms with E-state index in [0.717, 1.165) is 30.8 Å². The van der Waals surface area contributed by atoms with E-state index in [2.05, 4.69) is 10.2 Å². The summed E-state index contributed by atoms with van der Waals surface area (Å²) in [6.45, 7) is 4.19. The Morgan fingerprint density at radius 1 is 1.18 bits per heavy atom. The van der Waals surface area contributed by atoms with Crippen molar-refractivity contribution in [2.75, 3.05) is 24.5 Å². The molecule has 2 heterocycles. The van der Waals surface area contributed by atoms with Crippen LogP contribution in [0.25, 0.3) is 11.3 Å². The van der Waals surface area contributed by atoms with Crippen LogP contribution in [0.4, 0.5) is 10.1 Å². The smallest absolute Gasteiger partial charge is 0.254 e. The molecule has 1 aromatic heterocycles. The first-order chi connectivity index (χ1) is 13.6. The highest BCUT2D eigenvalue weighted by Gasteiger charge is 2.24. The molecule has 1 N–H and O–H groups in total. The Morgan fingerprint density at radius 3 is 2.68 bits per heavy atom. The van der Waals surface area contributed by atoms with Gasteiger partial charge >= 0.3 is 0 Å². The Hall–Kier alpha value is -3.08. The molecule has 28 heavy (non-hydrogen) atoms. The summed E-state index contributed by atoms with van der Waals surface area (Å²) in [5, 5.41) is 3.04. The molecular weight excluding hydrogens is 355 g/mol. The largest absolute Gasteiger partial charge is 0.461 e. The van der Waals surface area contributed by atoms with Gasteiger partial charge in [-0.3, -0.25) is 4.79 Å². The molecule has 1 aliphatic rings. The number of hydrogen-bond acceptors (Lipinski definition) is 3. The molecule has 4 rings (SSSR count). The van der Waals surface area contributed by atoms with Gasteiger partial charge in [0.1, 0.15) is 17.3 Å². The first kappa shape index (κ1) is 18.3. The van der Waals surface area contributed by atoms with Gasteiger partial charge in [-0.15, -0.1) is 0 Å². The molecule has 5 heteroatoms. The molecule has 1 atom stereocenters. The maximum absolute atomic E-state index is 13.1. The van der Waals surface area contributed by atoms with E-state index in [1.54, 1.807) is 18.2 Å². The van der Waals surface area contributed by atoms with Crippen molar-refractivity contribution < 1.29 is 13.6 Å². The van der Waals surface area contributed by atoms with Crippen LogP contribution in [0.1, 0.15) is 22.5 Å². The molecule has 1 fully saturated rings. The minimum atomic E-state index is -0.225. The maximum Gasteiger partial charge on any atom is 0.254 e. The number of amides is 1. The van der Waals surface area contributed by atoms with E-state index in [1.807, 2.05) is 37.3 Å². The van der Waals surface area contributed by atoms with Crippen LogP contribution in [0.5, 0.6) is 0 Å². The number of nitrogens with one attached hydrogen (secondary N) is 1. The Labute approximate surface area is 164 Å². The third-order valence-electron chi connectivity index (χ3n) is 5.25. The first-order valence-electron chi connectivity index (χ1n) is 9.55. The van der Waals surface area contributed by atoms with Gasteiger partial charge in [0.15, 0.2) is 0 Å². The fourth-order valence-electron chi connectivity index (χ4n) is 3.67. The van der Waals surface area contributed by atoms with Gasteiger partial charge in [0, 0.05) is 30.9 Å². The second kappa shape index (κ2) is 7.89. The molecule has 1 saturated heterocycles. The van der Waals surface area contributed by atoms with Gasteiger partial charge in [0.25, 0.3) is 5.91 Å². The van der Waals surface area contributed by atoms with E-state index in [-0.39, 0.29) is 11.7 Å². The van der Waals surface area contributed by atoms with E-state index < -0.39 is 0 Å². The van der Waals surface area contributed by atoms with Crippen molar-refractivity contribution in [1.29, 1.82) is 0 Å². The molecule has 3 aromatic rings. The summed E-state index contributed by atoms with van der Waals surface area (Å²) in [5.74, 6) is 1.36. The van der Waals surface area contributed by atoms with Crippen molar-refractivity contribution in [2.24, 2.45) is 5.92 Å². The Balaban J connectivity index is 1.35. The number of rotatable bonds is 5. The average molecular weight is 378 g/mol. The van der Waals surface area contributed by atoms with E-state index in [4.69, 9.17) is 4.42 Å². The number of benzene rings is 2. The molecular formula is C23H23FN2O2. The van der Waals surface area contributed by atoms with Crippen LogP contribution in [0.15, 0.2) is 65.1 Å². The van der Waals surface area contributed by atoms with Crippen molar-refractivity contribution in [3.8, 4) is 11.3 Å². The lowest BCUT2D eigenvalue weighted by Crippen LogP contribution is -2.31. The van der Waals surface area contributed by atoms with Gasteiger partial charge in [-0.2, -0.15) is 0 Å². The molecule has 144 valence electrons. The normalized spacial score (nSPS) is 16.4. The van der Waals surface area contributed by atoms with Gasteiger partial charge in [-0.1, -0.05) is 30.3 Å². The van der Waals surface area contributed by atoms with E-state index in [9.17, 15) is 9.18 Å². The molecule has 0 aliphatic carbocycles. The van der Waals surface area contributed by atoms with Crippen LogP contribution in [0, 0.1) is 18.7 Å². The van der Waals surface area contributed by atoms with Gasteiger partial charge in [-0.05, 0) is 49.6 Å². The van der Waals surface area contributed by atoms with E-state index in [1.165, 1.54) is 12.1 Å². The topological polar surface area (TPSA) is 45.5 Å². The quantitative estimate of drug-likeness (QED) is 0.703. The minimum Gasteiger partial charge on any atom is -0.461 e. The molecule has 2 aromatic carbocycles. The van der Waals surface area contributed by atoms with Crippen molar-refractivity contribution >= 4 is 11.6 Å². The number of carbonyl (C=O) groups is 1. The number of carbonyl (C=O) groups excluding carboxylic acids is 1. The molecule has 0 bridgehead atoms. The van der Waals surface area contributed by atoms with Crippen molar-refractivity contribution in [2.45, 2.75) is 13.3 Å². The maximum atomic E-state index is 13.1. The summed E-state index contributed by atoms with van der Waals surface area (Å²) in [6.07, 6.45) is 0.997. The molecule has 0 spiro atoms. The average Bonchev–Trinajstić information content (AvgIpc) is 3.34. The van der Waals surface area contributed by atoms with Crippen LogP contribution in [-0.2, 0) is 0 Å². The van der Waals surface area contributed by atoms with Crippen LogP contribution in [0.2, 0.25) is 0 Å². The first-order valence-corrected chi connectivity index (χ1v) is 9.55. The number of hydrogen-bond donors (Lipinski definition) is 1. The van der Waals surface area contributed by atoms with E-state index in [0.29, 0.717) is 29.5 Å². The van der Waals surface area contributed by atoms with Crippen molar-refractivity contribution in [3.63, 3.8) is 0 Å². The molecule has 4 nitrogen and oxygen atoms in total. The Kier molecular flexibility index (Phi) is 5.15. The van der Waals surface area contributed by atoms with Crippen molar-refractivity contribution in [1.82, 2.24) is 5.32 Å². The summed E-state index contributed by atoms with van der Waals surface area (Å²) in [6, 6.07) is 18.1. The molecule has 1 aliphatic heterocycles. The van der Waals surface area contributed by atoms with Gasteiger partial charge < -0.3 is 14.6 Å². The zero-order chi connectivity index (χ0) is 19.5. The SMILES string of the molecule is Cc1oc(-c2ccccc2)cc1C(=O)NCC1CCN(c2ccc(F)cc2)C1. The number of aryl methyl sites for hydroxylation is 1. The highest BCUT2D eigenvalue weighted by atomic mass is 19.1. The van der Waals surface area contributed by atoms with Crippen molar-refractivity contribution in [3.05, 3.63) is 77.8 Å². The minimum absolute atomic E-state index is 0.108. The third kappa shape index (κ3) is 3.93. The standard InChI is InChI=1S/C23H23FN2O2/c1-16-21(13-22(28-16)18-5-3-2-4-6-18)23(27)25-14-17-11-12-26(15-17)20-9-7-19(24)8-10-20/h2-10,13,17H,11-12,14-15H2,1H3,(H,25,27). The fraction of sp³-hybridized carbons (Fsp3) is 0.261. The predicted octanol–water partition coefficient (Wildman–Crippen LogP) is 4.65. The highest BCUT2D eigenvalue weighted by Crippen LogP contribution is 2.26. The zero-order valence-electron chi connectivity index (χ0n) is 15.8. The molecule has 0 radical (unpaired) electrons. The third-order valence-corrected chi connectivity index (χ3v) is 5.25. The lowest BCUT2D eigenvalue weighted by molar-refractivity contribution is 0.0946. The molecule has 1 amide bonds. The number of halogens is 1. The fourth-order valence-corrected chi connectivity index (χ4v) is 3.67. The number of furan rings is 1. The summed E-state index contributed by atoms with van der Waals surface area (Å²) in [7, 11) is 0. The predicted molar refractivity (Wildman–Crippen MR) is 108 cm³/mol. The Bertz CT molecular complexity index is 950. The lowest BCUT2D eigenvalue weighted by atomic mass is 10.1. The molecule has 0 saturated carbocycles. The summed E-state index contributed by atoms with van der Waals surface area (Å²) >= 11 is 0. The van der Waals surface area contributed by atoms with Crippen LogP contribution >= 0.6 is 0 Å². The second-order valence-electron chi connectivity index (χ2n) is 7.23.